The molecule has 0 amide bonds. The number of nitrogens with one attached hydrogen (secondary N) is 1. The largest absolute Gasteiger partial charge is 0.480 e. The summed E-state index contributed by atoms with van der Waals surface area (Å²) in [7, 11) is 0. The third-order valence-electron chi connectivity index (χ3n) is 2.91. The van der Waals surface area contributed by atoms with Crippen LogP contribution in [0.2, 0.25) is 0 Å². The third kappa shape index (κ3) is 2.59. The van der Waals surface area contributed by atoms with Crippen molar-refractivity contribution in [2.45, 2.75) is 12.5 Å². The van der Waals surface area contributed by atoms with Gasteiger partial charge in [-0.3, -0.25) is 4.98 Å². The van der Waals surface area contributed by atoms with Gasteiger partial charge in [-0.1, -0.05) is 24.3 Å². The van der Waals surface area contributed by atoms with Gasteiger partial charge in [-0.25, -0.2) is 4.79 Å². The average Bonchev–Trinajstić information content (AvgIpc) is 2.46. The molecule has 0 bridgehead atoms. The van der Waals surface area contributed by atoms with Crippen LogP contribution in [0.4, 0.5) is 5.69 Å². The van der Waals surface area contributed by atoms with Gasteiger partial charge in [-0.2, -0.15) is 5.26 Å². The molecule has 0 aliphatic carbocycles. The van der Waals surface area contributed by atoms with Crippen LogP contribution >= 0.6 is 0 Å². The molecule has 2 N–H and O–H groups in total. The molecule has 0 radical (unpaired) electrons. The maximum Gasteiger partial charge on any atom is 0.326 e. The number of hydrogen-bond acceptors (Lipinski definition) is 4. The number of anilines is 1. The minimum Gasteiger partial charge on any atom is -0.480 e. The standard InChI is InChI=1S/C15H13N3O2/c1-2-5-13(15(19)20)18-14-10(8-16)9-17-12-7-4-3-6-11(12)14/h2-4,6-7,9,13H,1,5H2,(H,17,18)(H,19,20). The van der Waals surface area contributed by atoms with E-state index >= 15 is 0 Å². The Labute approximate surface area is 116 Å². The molecule has 0 saturated heterocycles. The second kappa shape index (κ2) is 5.85. The molecule has 0 fully saturated rings. The van der Waals surface area contributed by atoms with E-state index in [2.05, 4.69) is 16.9 Å². The van der Waals surface area contributed by atoms with Gasteiger partial charge in [-0.15, -0.1) is 6.58 Å². The first kappa shape index (κ1) is 13.6. The Bertz CT molecular complexity index is 704. The number of carbonyl (C=O) groups is 1. The summed E-state index contributed by atoms with van der Waals surface area (Å²) in [5.41, 5.74) is 1.52. The fourth-order valence-electron chi connectivity index (χ4n) is 1.94. The first-order valence-corrected chi connectivity index (χ1v) is 6.05. The van der Waals surface area contributed by atoms with Crippen LogP contribution in [0.5, 0.6) is 0 Å². The lowest BCUT2D eigenvalue weighted by Crippen LogP contribution is -2.29. The van der Waals surface area contributed by atoms with Crippen molar-refractivity contribution in [3.05, 3.63) is 48.7 Å². The smallest absolute Gasteiger partial charge is 0.326 e. The van der Waals surface area contributed by atoms with E-state index < -0.39 is 12.0 Å². The van der Waals surface area contributed by atoms with Crippen molar-refractivity contribution >= 4 is 22.6 Å². The molecule has 5 nitrogen and oxygen atoms in total. The molecule has 2 rings (SSSR count). The molecule has 20 heavy (non-hydrogen) atoms. The van der Waals surface area contributed by atoms with E-state index in [-0.39, 0.29) is 6.42 Å². The monoisotopic (exact) mass is 267 g/mol. The summed E-state index contributed by atoms with van der Waals surface area (Å²) < 4.78 is 0. The molecule has 100 valence electrons. The number of carboxylic acids is 1. The fourth-order valence-corrected chi connectivity index (χ4v) is 1.94. The highest BCUT2D eigenvalue weighted by Crippen LogP contribution is 2.26. The van der Waals surface area contributed by atoms with Crippen molar-refractivity contribution in [1.29, 1.82) is 5.26 Å². The number of aliphatic carboxylic acids is 1. The normalized spacial score (nSPS) is 11.6. The summed E-state index contributed by atoms with van der Waals surface area (Å²) >= 11 is 0. The molecule has 1 unspecified atom stereocenters. The Morgan fingerprint density at radius 3 is 2.95 bits per heavy atom. The van der Waals surface area contributed by atoms with Crippen molar-refractivity contribution in [3.8, 4) is 6.07 Å². The number of para-hydroxylation sites is 1. The Kier molecular flexibility index (Phi) is 3.96. The first-order chi connectivity index (χ1) is 9.67. The molecular weight excluding hydrogens is 254 g/mol. The van der Waals surface area contributed by atoms with Gasteiger partial charge in [0.05, 0.1) is 16.8 Å². The van der Waals surface area contributed by atoms with Crippen molar-refractivity contribution in [1.82, 2.24) is 4.98 Å². The number of rotatable bonds is 5. The molecule has 1 aromatic heterocycles. The van der Waals surface area contributed by atoms with Gasteiger partial charge in [0.2, 0.25) is 0 Å². The highest BCUT2D eigenvalue weighted by Gasteiger charge is 2.18. The number of nitrogens with zero attached hydrogens (tertiary/aromatic N) is 2. The highest BCUT2D eigenvalue weighted by atomic mass is 16.4. The molecular formula is C15H13N3O2. The number of carboxylic acid groups (broad SMARTS) is 1. The number of pyridine rings is 1. The Morgan fingerprint density at radius 2 is 2.30 bits per heavy atom. The van der Waals surface area contributed by atoms with Gasteiger partial charge in [-0.05, 0) is 12.5 Å². The number of fused-ring (bicyclic) bond motifs is 1. The Balaban J connectivity index is 2.53. The van der Waals surface area contributed by atoms with Gasteiger partial charge in [0, 0.05) is 11.6 Å². The summed E-state index contributed by atoms with van der Waals surface area (Å²) in [4.78, 5) is 15.4. The van der Waals surface area contributed by atoms with Crippen LogP contribution in [0.3, 0.4) is 0 Å². The van der Waals surface area contributed by atoms with E-state index in [1.165, 1.54) is 12.3 Å². The summed E-state index contributed by atoms with van der Waals surface area (Å²) in [6, 6.07) is 8.47. The van der Waals surface area contributed by atoms with E-state index in [0.29, 0.717) is 16.8 Å². The van der Waals surface area contributed by atoms with Crippen molar-refractivity contribution in [2.75, 3.05) is 5.32 Å². The minimum atomic E-state index is -0.991. The minimum absolute atomic E-state index is 0.261. The molecule has 2 aromatic rings. The Hall–Kier alpha value is -2.87. The predicted octanol–water partition coefficient (Wildman–Crippen LogP) is 2.55. The molecule has 1 aromatic carbocycles. The topological polar surface area (TPSA) is 86.0 Å². The number of benzene rings is 1. The highest BCUT2D eigenvalue weighted by molar-refractivity contribution is 5.95. The molecule has 0 aliphatic rings. The van der Waals surface area contributed by atoms with Gasteiger partial charge in [0.25, 0.3) is 0 Å². The predicted molar refractivity (Wildman–Crippen MR) is 76.3 cm³/mol. The third-order valence-corrected chi connectivity index (χ3v) is 2.91. The van der Waals surface area contributed by atoms with Crippen LogP contribution in [-0.2, 0) is 4.79 Å². The Morgan fingerprint density at radius 1 is 1.55 bits per heavy atom. The van der Waals surface area contributed by atoms with Crippen LogP contribution in [0.15, 0.2) is 43.1 Å². The first-order valence-electron chi connectivity index (χ1n) is 6.05. The van der Waals surface area contributed by atoms with Crippen molar-refractivity contribution < 1.29 is 9.90 Å². The molecule has 0 spiro atoms. The SMILES string of the molecule is C=CCC(Nc1c(C#N)cnc2ccccc12)C(=O)O. The van der Waals surface area contributed by atoms with E-state index in [1.807, 2.05) is 24.3 Å². The molecule has 5 heteroatoms. The van der Waals surface area contributed by atoms with Crippen LogP contribution in [-0.4, -0.2) is 22.1 Å². The maximum atomic E-state index is 11.2. The van der Waals surface area contributed by atoms with E-state index in [1.54, 1.807) is 6.07 Å². The quantitative estimate of drug-likeness (QED) is 0.813. The summed E-state index contributed by atoms with van der Waals surface area (Å²) in [5.74, 6) is -0.991. The summed E-state index contributed by atoms with van der Waals surface area (Å²) in [5, 5.41) is 22.0. The van der Waals surface area contributed by atoms with Gasteiger partial charge < -0.3 is 10.4 Å². The van der Waals surface area contributed by atoms with Gasteiger partial charge in [0.1, 0.15) is 12.1 Å². The molecule has 1 atom stereocenters. The summed E-state index contributed by atoms with van der Waals surface area (Å²) in [6.45, 7) is 3.55. The number of hydrogen-bond donors (Lipinski definition) is 2. The maximum absolute atomic E-state index is 11.2. The lowest BCUT2D eigenvalue weighted by molar-refractivity contribution is -0.137. The fraction of sp³-hybridized carbons (Fsp3) is 0.133. The number of aromatic nitrogens is 1. The van der Waals surface area contributed by atoms with Crippen molar-refractivity contribution in [2.24, 2.45) is 0 Å². The lowest BCUT2D eigenvalue weighted by atomic mass is 10.1. The lowest BCUT2D eigenvalue weighted by Gasteiger charge is -2.16. The zero-order chi connectivity index (χ0) is 14.5. The van der Waals surface area contributed by atoms with Gasteiger partial charge in [0.15, 0.2) is 0 Å². The summed E-state index contributed by atoms with van der Waals surface area (Å²) in [6.07, 6.45) is 3.23. The van der Waals surface area contributed by atoms with Crippen LogP contribution in [0.25, 0.3) is 10.9 Å². The van der Waals surface area contributed by atoms with E-state index in [0.717, 1.165) is 5.39 Å². The second-order valence-electron chi connectivity index (χ2n) is 4.24. The van der Waals surface area contributed by atoms with Crippen molar-refractivity contribution in [3.63, 3.8) is 0 Å². The van der Waals surface area contributed by atoms with E-state index in [9.17, 15) is 9.90 Å². The van der Waals surface area contributed by atoms with Crippen LogP contribution in [0, 0.1) is 11.3 Å². The molecule has 0 saturated carbocycles. The van der Waals surface area contributed by atoms with Gasteiger partial charge >= 0.3 is 5.97 Å². The molecule has 0 aliphatic heterocycles. The zero-order valence-corrected chi connectivity index (χ0v) is 10.7. The zero-order valence-electron chi connectivity index (χ0n) is 10.7. The molecule has 1 heterocycles. The second-order valence-corrected chi connectivity index (χ2v) is 4.24. The van der Waals surface area contributed by atoms with Crippen LogP contribution in [0.1, 0.15) is 12.0 Å². The van der Waals surface area contributed by atoms with E-state index in [4.69, 9.17) is 5.26 Å². The van der Waals surface area contributed by atoms with Crippen LogP contribution < -0.4 is 5.32 Å². The average molecular weight is 267 g/mol. The number of nitriles is 1.